The molecule has 0 N–H and O–H groups in total. The van der Waals surface area contributed by atoms with Crippen LogP contribution in [0.3, 0.4) is 0 Å². The van der Waals surface area contributed by atoms with Crippen molar-refractivity contribution >= 4 is 10.9 Å². The molecule has 0 atom stereocenters. The number of aryl methyl sites for hydroxylation is 2. The summed E-state index contributed by atoms with van der Waals surface area (Å²) in [5, 5.41) is 1.35. The van der Waals surface area contributed by atoms with E-state index in [0.29, 0.717) is 0 Å². The maximum atomic E-state index is 2.47. The highest BCUT2D eigenvalue weighted by atomic mass is 15.0. The van der Waals surface area contributed by atoms with Gasteiger partial charge in [-0.05, 0) is 30.5 Å². The molecule has 0 aliphatic carbocycles. The van der Waals surface area contributed by atoms with Gasteiger partial charge in [0, 0.05) is 28.7 Å². The zero-order valence-corrected chi connectivity index (χ0v) is 10.3. The van der Waals surface area contributed by atoms with Crippen molar-refractivity contribution in [3.63, 3.8) is 0 Å². The lowest BCUT2D eigenvalue weighted by Crippen LogP contribution is -1.97. The van der Waals surface area contributed by atoms with Crippen LogP contribution in [0.4, 0.5) is 0 Å². The molecule has 2 aromatic carbocycles. The van der Waals surface area contributed by atoms with Gasteiger partial charge in [-0.15, -0.1) is 0 Å². The Labute approximate surface area is 107 Å². The molecular formula is C17H15N. The minimum atomic E-state index is 1.12. The van der Waals surface area contributed by atoms with Gasteiger partial charge in [0.05, 0.1) is 0 Å². The number of hydrogen-bond acceptors (Lipinski definition) is 0. The van der Waals surface area contributed by atoms with Gasteiger partial charge in [-0.25, -0.2) is 0 Å². The molecule has 0 bridgehead atoms. The van der Waals surface area contributed by atoms with Crippen LogP contribution in [-0.2, 0) is 13.0 Å². The molecule has 4 rings (SSSR count). The number of benzene rings is 2. The minimum Gasteiger partial charge on any atom is -0.340 e. The summed E-state index contributed by atoms with van der Waals surface area (Å²) in [5.41, 5.74) is 5.64. The summed E-state index contributed by atoms with van der Waals surface area (Å²) in [6, 6.07) is 19.8. The lowest BCUT2D eigenvalue weighted by Gasteiger charge is -2.07. The van der Waals surface area contributed by atoms with Crippen LogP contribution in [0.25, 0.3) is 22.2 Å². The van der Waals surface area contributed by atoms with Gasteiger partial charge in [0.2, 0.25) is 0 Å². The highest BCUT2D eigenvalue weighted by Gasteiger charge is 2.15. The summed E-state index contributed by atoms with van der Waals surface area (Å²) >= 11 is 0. The second-order valence-electron chi connectivity index (χ2n) is 5.00. The second-order valence-corrected chi connectivity index (χ2v) is 5.00. The Morgan fingerprint density at radius 1 is 0.889 bits per heavy atom. The third-order valence-corrected chi connectivity index (χ3v) is 3.93. The van der Waals surface area contributed by atoms with Gasteiger partial charge < -0.3 is 4.57 Å². The number of para-hydroxylation sites is 1. The predicted molar refractivity (Wildman–Crippen MR) is 75.7 cm³/mol. The van der Waals surface area contributed by atoms with E-state index in [9.17, 15) is 0 Å². The van der Waals surface area contributed by atoms with Gasteiger partial charge in [0.25, 0.3) is 0 Å². The number of hydrogen-bond donors (Lipinski definition) is 0. The Balaban J connectivity index is 2.09. The molecular weight excluding hydrogens is 218 g/mol. The predicted octanol–water partition coefficient (Wildman–Crippen LogP) is 4.25. The number of aromatic nitrogens is 1. The van der Waals surface area contributed by atoms with E-state index in [1.165, 1.54) is 40.6 Å². The molecule has 0 saturated heterocycles. The maximum Gasteiger partial charge on any atom is 0.0494 e. The topological polar surface area (TPSA) is 4.93 Å². The summed E-state index contributed by atoms with van der Waals surface area (Å²) in [7, 11) is 0. The quantitative estimate of drug-likeness (QED) is 0.547. The summed E-state index contributed by atoms with van der Waals surface area (Å²) in [6.07, 6.45) is 2.41. The fourth-order valence-corrected chi connectivity index (χ4v) is 3.09. The van der Waals surface area contributed by atoms with Crippen LogP contribution < -0.4 is 0 Å². The Bertz CT molecular complexity index is 721. The van der Waals surface area contributed by atoms with E-state index in [4.69, 9.17) is 0 Å². The molecule has 0 radical (unpaired) electrons. The van der Waals surface area contributed by atoms with Crippen LogP contribution in [-0.4, -0.2) is 4.57 Å². The summed E-state index contributed by atoms with van der Waals surface area (Å²) in [4.78, 5) is 0. The molecule has 1 aromatic heterocycles. The lowest BCUT2D eigenvalue weighted by atomic mass is 10.0. The van der Waals surface area contributed by atoms with E-state index in [2.05, 4.69) is 59.2 Å². The van der Waals surface area contributed by atoms with E-state index in [1.54, 1.807) is 0 Å². The van der Waals surface area contributed by atoms with Crippen molar-refractivity contribution in [3.8, 4) is 11.3 Å². The van der Waals surface area contributed by atoms with Gasteiger partial charge in [0.1, 0.15) is 0 Å². The van der Waals surface area contributed by atoms with Crippen molar-refractivity contribution in [2.45, 2.75) is 19.4 Å². The molecule has 0 amide bonds. The second kappa shape index (κ2) is 3.74. The highest BCUT2D eigenvalue weighted by Crippen LogP contribution is 2.33. The molecule has 0 saturated carbocycles. The van der Waals surface area contributed by atoms with E-state index >= 15 is 0 Å². The van der Waals surface area contributed by atoms with Gasteiger partial charge in [0.15, 0.2) is 0 Å². The minimum absolute atomic E-state index is 1.12. The largest absolute Gasteiger partial charge is 0.340 e. The summed E-state index contributed by atoms with van der Waals surface area (Å²) in [6.45, 7) is 1.12. The van der Waals surface area contributed by atoms with Crippen LogP contribution in [0.2, 0.25) is 0 Å². The van der Waals surface area contributed by atoms with Crippen molar-refractivity contribution in [2.24, 2.45) is 0 Å². The van der Waals surface area contributed by atoms with Gasteiger partial charge in [-0.3, -0.25) is 0 Å². The van der Waals surface area contributed by atoms with Crippen LogP contribution in [0.15, 0.2) is 54.6 Å². The zero-order valence-electron chi connectivity index (χ0n) is 10.3. The molecule has 88 valence electrons. The third-order valence-electron chi connectivity index (χ3n) is 3.93. The Kier molecular flexibility index (Phi) is 2.07. The van der Waals surface area contributed by atoms with Gasteiger partial charge >= 0.3 is 0 Å². The first-order chi connectivity index (χ1) is 8.93. The molecule has 1 heteroatoms. The number of rotatable bonds is 0. The summed E-state index contributed by atoms with van der Waals surface area (Å²) in [5.74, 6) is 0. The van der Waals surface area contributed by atoms with Crippen molar-refractivity contribution in [2.75, 3.05) is 0 Å². The van der Waals surface area contributed by atoms with Crippen molar-refractivity contribution in [3.05, 3.63) is 60.2 Å². The number of nitrogens with zero attached hydrogens (tertiary/aromatic N) is 1. The molecule has 18 heavy (non-hydrogen) atoms. The Morgan fingerprint density at radius 3 is 2.72 bits per heavy atom. The SMILES string of the molecule is c1ccc2c(c1)CCCn1c-2cc2ccccc21. The van der Waals surface area contributed by atoms with Crippen LogP contribution in [0.5, 0.6) is 0 Å². The fraction of sp³-hybridized carbons (Fsp3) is 0.176. The molecule has 1 nitrogen and oxygen atoms in total. The van der Waals surface area contributed by atoms with Crippen LogP contribution in [0.1, 0.15) is 12.0 Å². The van der Waals surface area contributed by atoms with Crippen molar-refractivity contribution < 1.29 is 0 Å². The first kappa shape index (κ1) is 9.95. The van der Waals surface area contributed by atoms with E-state index in [-0.39, 0.29) is 0 Å². The van der Waals surface area contributed by atoms with Crippen molar-refractivity contribution in [1.29, 1.82) is 0 Å². The molecule has 0 fully saturated rings. The molecule has 0 unspecified atom stereocenters. The van der Waals surface area contributed by atoms with E-state index in [0.717, 1.165) is 6.54 Å². The summed E-state index contributed by atoms with van der Waals surface area (Å²) < 4.78 is 2.47. The molecule has 3 aromatic rings. The average molecular weight is 233 g/mol. The fourth-order valence-electron chi connectivity index (χ4n) is 3.09. The first-order valence-corrected chi connectivity index (χ1v) is 6.60. The standard InChI is InChI=1S/C17H15N/c1-3-9-15-13(6-1)8-5-11-18-16-10-4-2-7-14(16)12-17(15)18/h1-4,6-7,9-10,12H,5,8,11H2. The molecule has 2 heterocycles. The Hall–Kier alpha value is -2.02. The monoisotopic (exact) mass is 233 g/mol. The molecule has 1 aliphatic rings. The smallest absolute Gasteiger partial charge is 0.0494 e. The first-order valence-electron chi connectivity index (χ1n) is 6.60. The lowest BCUT2D eigenvalue weighted by molar-refractivity contribution is 0.680. The van der Waals surface area contributed by atoms with E-state index in [1.807, 2.05) is 0 Å². The number of fused-ring (bicyclic) bond motifs is 5. The zero-order chi connectivity index (χ0) is 11.9. The van der Waals surface area contributed by atoms with Crippen molar-refractivity contribution in [1.82, 2.24) is 4.57 Å². The Morgan fingerprint density at radius 2 is 1.72 bits per heavy atom. The van der Waals surface area contributed by atoms with Crippen LogP contribution in [0, 0.1) is 0 Å². The van der Waals surface area contributed by atoms with Gasteiger partial charge in [-0.1, -0.05) is 42.5 Å². The van der Waals surface area contributed by atoms with E-state index < -0.39 is 0 Å². The normalized spacial score (nSPS) is 14.0. The molecule has 1 aliphatic heterocycles. The third kappa shape index (κ3) is 1.34. The maximum absolute atomic E-state index is 2.47. The van der Waals surface area contributed by atoms with Gasteiger partial charge in [-0.2, -0.15) is 0 Å². The van der Waals surface area contributed by atoms with Crippen LogP contribution >= 0.6 is 0 Å². The average Bonchev–Trinajstić information content (AvgIpc) is 2.69. The molecule has 0 spiro atoms. The highest BCUT2D eigenvalue weighted by molar-refractivity contribution is 5.87.